The predicted octanol–water partition coefficient (Wildman–Crippen LogP) is 1.59. The average Bonchev–Trinajstić information content (AvgIpc) is 2.26. The molecule has 0 aliphatic rings. The summed E-state index contributed by atoms with van der Waals surface area (Å²) in [6, 6.07) is 1.72. The van der Waals surface area contributed by atoms with Gasteiger partial charge in [-0.2, -0.15) is 0 Å². The Hall–Kier alpha value is -0.940. The molecule has 88 valence electrons. The normalized spacial score (nSPS) is 12.2. The SMILES string of the molecule is CC(CCO)CNC(=O)c1cncc(Br)c1. The molecule has 0 fully saturated rings. The van der Waals surface area contributed by atoms with Crippen LogP contribution in [0.25, 0.3) is 0 Å². The first-order chi connectivity index (χ1) is 7.63. The Morgan fingerprint density at radius 3 is 3.00 bits per heavy atom. The zero-order valence-corrected chi connectivity index (χ0v) is 10.7. The molecule has 0 bridgehead atoms. The molecule has 0 spiro atoms. The third-order valence-electron chi connectivity index (χ3n) is 2.20. The summed E-state index contributed by atoms with van der Waals surface area (Å²) in [5.74, 6) is 0.132. The minimum absolute atomic E-state index is 0.140. The Bertz CT molecular complexity index is 358. The van der Waals surface area contributed by atoms with Gasteiger partial charge in [-0.15, -0.1) is 0 Å². The molecule has 4 nitrogen and oxygen atoms in total. The minimum atomic E-state index is -0.140. The average molecular weight is 287 g/mol. The molecule has 1 aromatic rings. The van der Waals surface area contributed by atoms with Gasteiger partial charge < -0.3 is 10.4 Å². The number of halogens is 1. The Balaban J connectivity index is 2.47. The molecule has 1 atom stereocenters. The number of nitrogens with zero attached hydrogens (tertiary/aromatic N) is 1. The molecule has 16 heavy (non-hydrogen) atoms. The number of carbonyl (C=O) groups excluding carboxylic acids is 1. The number of rotatable bonds is 5. The summed E-state index contributed by atoms with van der Waals surface area (Å²) in [4.78, 5) is 15.6. The molecule has 1 amide bonds. The third kappa shape index (κ3) is 4.28. The van der Waals surface area contributed by atoms with Gasteiger partial charge in [-0.1, -0.05) is 6.92 Å². The van der Waals surface area contributed by atoms with Crippen molar-refractivity contribution in [1.82, 2.24) is 10.3 Å². The number of aliphatic hydroxyl groups excluding tert-OH is 1. The van der Waals surface area contributed by atoms with E-state index in [0.29, 0.717) is 18.5 Å². The highest BCUT2D eigenvalue weighted by Crippen LogP contribution is 2.09. The summed E-state index contributed by atoms with van der Waals surface area (Å²) in [6.45, 7) is 2.69. The van der Waals surface area contributed by atoms with Crippen molar-refractivity contribution in [2.75, 3.05) is 13.2 Å². The zero-order chi connectivity index (χ0) is 12.0. The molecule has 0 aliphatic heterocycles. The highest BCUT2D eigenvalue weighted by molar-refractivity contribution is 9.10. The second kappa shape index (κ2) is 6.60. The van der Waals surface area contributed by atoms with Crippen LogP contribution < -0.4 is 5.32 Å². The Morgan fingerprint density at radius 1 is 1.62 bits per heavy atom. The van der Waals surface area contributed by atoms with Crippen molar-refractivity contribution in [3.8, 4) is 0 Å². The fourth-order valence-corrected chi connectivity index (χ4v) is 1.59. The number of aromatic nitrogens is 1. The van der Waals surface area contributed by atoms with Crippen molar-refractivity contribution in [1.29, 1.82) is 0 Å². The van der Waals surface area contributed by atoms with Crippen molar-refractivity contribution in [2.45, 2.75) is 13.3 Å². The summed E-state index contributed by atoms with van der Waals surface area (Å²) in [7, 11) is 0. The van der Waals surface area contributed by atoms with Crippen molar-refractivity contribution < 1.29 is 9.90 Å². The first-order valence-corrected chi connectivity index (χ1v) is 5.92. The smallest absolute Gasteiger partial charge is 0.252 e. The second-order valence-corrected chi connectivity index (χ2v) is 4.63. The predicted molar refractivity (Wildman–Crippen MR) is 65.1 cm³/mol. The molecular weight excluding hydrogens is 272 g/mol. The maximum Gasteiger partial charge on any atom is 0.252 e. The number of nitrogens with one attached hydrogen (secondary N) is 1. The van der Waals surface area contributed by atoms with E-state index in [1.54, 1.807) is 12.3 Å². The van der Waals surface area contributed by atoms with E-state index >= 15 is 0 Å². The number of hydrogen-bond donors (Lipinski definition) is 2. The van der Waals surface area contributed by atoms with Crippen molar-refractivity contribution in [2.24, 2.45) is 5.92 Å². The maximum absolute atomic E-state index is 11.7. The molecule has 0 aromatic carbocycles. The van der Waals surface area contributed by atoms with Gasteiger partial charge in [0.25, 0.3) is 5.91 Å². The van der Waals surface area contributed by atoms with E-state index in [4.69, 9.17) is 5.11 Å². The molecular formula is C11H15BrN2O2. The van der Waals surface area contributed by atoms with Gasteiger partial charge in [0, 0.05) is 30.0 Å². The molecule has 0 aliphatic carbocycles. The van der Waals surface area contributed by atoms with Crippen LogP contribution in [0.3, 0.4) is 0 Å². The van der Waals surface area contributed by atoms with Gasteiger partial charge in [0.05, 0.1) is 5.56 Å². The number of carbonyl (C=O) groups is 1. The molecule has 0 saturated heterocycles. The van der Waals surface area contributed by atoms with Gasteiger partial charge >= 0.3 is 0 Å². The molecule has 1 rings (SSSR count). The lowest BCUT2D eigenvalue weighted by Gasteiger charge is -2.10. The number of aliphatic hydroxyl groups is 1. The molecule has 1 heterocycles. The number of hydrogen-bond acceptors (Lipinski definition) is 3. The standard InChI is InChI=1S/C11H15BrN2O2/c1-8(2-3-15)5-14-11(16)9-4-10(12)7-13-6-9/h4,6-8,15H,2-3,5H2,1H3,(H,14,16). The van der Waals surface area contributed by atoms with E-state index in [2.05, 4.69) is 26.2 Å². The summed E-state index contributed by atoms with van der Waals surface area (Å²) in [6.07, 6.45) is 3.85. The second-order valence-electron chi connectivity index (χ2n) is 3.72. The van der Waals surface area contributed by atoms with Crippen LogP contribution in [0, 0.1) is 5.92 Å². The Labute approximate surface area is 103 Å². The fraction of sp³-hybridized carbons (Fsp3) is 0.455. The van der Waals surface area contributed by atoms with Gasteiger partial charge in [-0.25, -0.2) is 0 Å². The van der Waals surface area contributed by atoms with E-state index < -0.39 is 0 Å². The van der Waals surface area contributed by atoms with Crippen LogP contribution in [0.1, 0.15) is 23.7 Å². The van der Waals surface area contributed by atoms with Crippen molar-refractivity contribution in [3.05, 3.63) is 28.5 Å². The van der Waals surface area contributed by atoms with Crippen LogP contribution in [-0.4, -0.2) is 29.1 Å². The van der Waals surface area contributed by atoms with Gasteiger partial charge in [0.1, 0.15) is 0 Å². The van der Waals surface area contributed by atoms with Crippen LogP contribution in [-0.2, 0) is 0 Å². The van der Waals surface area contributed by atoms with E-state index in [9.17, 15) is 4.79 Å². The van der Waals surface area contributed by atoms with Crippen LogP contribution in [0.15, 0.2) is 22.9 Å². The van der Waals surface area contributed by atoms with Gasteiger partial charge in [-0.05, 0) is 34.3 Å². The van der Waals surface area contributed by atoms with Crippen molar-refractivity contribution in [3.63, 3.8) is 0 Å². The van der Waals surface area contributed by atoms with E-state index in [0.717, 1.165) is 4.47 Å². The van der Waals surface area contributed by atoms with Crippen LogP contribution >= 0.6 is 15.9 Å². The third-order valence-corrected chi connectivity index (χ3v) is 2.63. The summed E-state index contributed by atoms with van der Waals surface area (Å²) in [5, 5.41) is 11.5. The quantitative estimate of drug-likeness (QED) is 0.864. The van der Waals surface area contributed by atoms with Gasteiger partial charge in [0.15, 0.2) is 0 Å². The highest BCUT2D eigenvalue weighted by Gasteiger charge is 2.08. The lowest BCUT2D eigenvalue weighted by atomic mass is 10.1. The van der Waals surface area contributed by atoms with Crippen molar-refractivity contribution >= 4 is 21.8 Å². The molecule has 5 heteroatoms. The van der Waals surface area contributed by atoms with E-state index in [-0.39, 0.29) is 18.4 Å². The maximum atomic E-state index is 11.7. The lowest BCUT2D eigenvalue weighted by molar-refractivity contribution is 0.0945. The van der Waals surface area contributed by atoms with Gasteiger partial charge in [0.2, 0.25) is 0 Å². The summed E-state index contributed by atoms with van der Waals surface area (Å²) < 4.78 is 0.781. The first kappa shape index (κ1) is 13.1. The lowest BCUT2D eigenvalue weighted by Crippen LogP contribution is -2.28. The topological polar surface area (TPSA) is 62.2 Å². The minimum Gasteiger partial charge on any atom is -0.396 e. The largest absolute Gasteiger partial charge is 0.396 e. The molecule has 0 radical (unpaired) electrons. The van der Waals surface area contributed by atoms with E-state index in [1.807, 2.05) is 6.92 Å². The Kier molecular flexibility index (Phi) is 5.42. The molecule has 2 N–H and O–H groups in total. The highest BCUT2D eigenvalue weighted by atomic mass is 79.9. The number of amides is 1. The summed E-state index contributed by atoms with van der Waals surface area (Å²) in [5.41, 5.74) is 0.533. The zero-order valence-electron chi connectivity index (χ0n) is 9.11. The van der Waals surface area contributed by atoms with E-state index in [1.165, 1.54) is 6.20 Å². The molecule has 0 saturated carbocycles. The number of pyridine rings is 1. The molecule has 1 aromatic heterocycles. The van der Waals surface area contributed by atoms with Crippen LogP contribution in [0.5, 0.6) is 0 Å². The monoisotopic (exact) mass is 286 g/mol. The Morgan fingerprint density at radius 2 is 2.38 bits per heavy atom. The summed E-state index contributed by atoms with van der Waals surface area (Å²) >= 11 is 3.26. The molecule has 1 unspecified atom stereocenters. The van der Waals surface area contributed by atoms with Crippen LogP contribution in [0.4, 0.5) is 0 Å². The first-order valence-electron chi connectivity index (χ1n) is 5.13. The van der Waals surface area contributed by atoms with Crippen LogP contribution in [0.2, 0.25) is 0 Å². The van der Waals surface area contributed by atoms with Gasteiger partial charge in [-0.3, -0.25) is 9.78 Å². The fourth-order valence-electron chi connectivity index (χ4n) is 1.23.